The number of carboxylic acids is 1. The number of nitrogens with zero attached hydrogens (tertiary/aromatic N) is 1. The first kappa shape index (κ1) is 26.5. The fourth-order valence-corrected chi connectivity index (χ4v) is 5.07. The first-order valence-electron chi connectivity index (χ1n) is 12.9. The van der Waals surface area contributed by atoms with Gasteiger partial charge in [0, 0.05) is 28.9 Å². The first-order valence-corrected chi connectivity index (χ1v) is 12.9. The summed E-state index contributed by atoms with van der Waals surface area (Å²) in [5, 5.41) is 22.0. The second kappa shape index (κ2) is 10.9. The largest absolute Gasteiger partial charge is 0.493 e. The van der Waals surface area contributed by atoms with Gasteiger partial charge in [-0.2, -0.15) is 0 Å². The molecule has 5 aromatic rings. The number of hydrogen-bond donors (Lipinski definition) is 3. The molecular formula is C32H28N2O6. The average molecular weight is 537 g/mol. The number of para-hydroxylation sites is 1. The zero-order valence-corrected chi connectivity index (χ0v) is 22.1. The van der Waals surface area contributed by atoms with E-state index in [1.54, 1.807) is 18.2 Å². The maximum Gasteiger partial charge on any atom is 0.414 e. The molecular weight excluding hydrogens is 508 g/mol. The highest BCUT2D eigenvalue weighted by atomic mass is 16.5. The number of aromatic carboxylic acids is 1. The molecule has 0 spiro atoms. The molecule has 202 valence electrons. The zero-order chi connectivity index (χ0) is 28.4. The number of carbonyl (C=O) groups is 3. The van der Waals surface area contributed by atoms with Gasteiger partial charge < -0.3 is 19.9 Å². The molecule has 1 aromatic heterocycles. The number of ether oxygens (including phenoxy) is 1. The van der Waals surface area contributed by atoms with E-state index in [1.165, 1.54) is 7.05 Å². The van der Waals surface area contributed by atoms with Crippen LogP contribution in [0.4, 0.5) is 4.79 Å². The van der Waals surface area contributed by atoms with Gasteiger partial charge in [-0.1, -0.05) is 60.7 Å². The van der Waals surface area contributed by atoms with Crippen LogP contribution in [0.25, 0.3) is 32.8 Å². The molecule has 0 aliphatic heterocycles. The Morgan fingerprint density at radius 2 is 1.60 bits per heavy atom. The smallest absolute Gasteiger partial charge is 0.414 e. The Hall–Kier alpha value is -5.11. The van der Waals surface area contributed by atoms with Gasteiger partial charge in [0.1, 0.15) is 11.4 Å². The Balaban J connectivity index is 1.42. The first-order chi connectivity index (χ1) is 19.3. The van der Waals surface area contributed by atoms with E-state index in [-0.39, 0.29) is 11.3 Å². The number of aromatic amines is 1. The molecule has 0 aliphatic rings. The standard InChI is InChI=1S/C32H28N2O6/c1-19-18-21(30(35)34(2)32(38)39)15-16-22(19)24-11-6-12-25-26(29(31(36)37)33-28(24)25)13-7-17-40-27-14-5-9-20-8-3-4-10-23(20)27/h3-6,8-12,14-16,18,33H,7,13,17H2,1-2H3,(H,36,37)(H,38,39). The van der Waals surface area contributed by atoms with Crippen molar-refractivity contribution in [2.75, 3.05) is 13.7 Å². The van der Waals surface area contributed by atoms with Crippen molar-refractivity contribution in [2.24, 2.45) is 0 Å². The number of carboxylic acid groups (broad SMARTS) is 2. The number of H-pyrrole nitrogens is 1. The van der Waals surface area contributed by atoms with Crippen LogP contribution in [0.3, 0.4) is 0 Å². The maximum atomic E-state index is 12.5. The van der Waals surface area contributed by atoms with E-state index in [0.29, 0.717) is 35.4 Å². The van der Waals surface area contributed by atoms with Crippen LogP contribution in [-0.4, -0.2) is 51.7 Å². The highest BCUT2D eigenvalue weighted by molar-refractivity contribution is 6.05. The Bertz CT molecular complexity index is 1770. The molecule has 3 N–H and O–H groups in total. The molecule has 5 rings (SSSR count). The van der Waals surface area contributed by atoms with E-state index in [9.17, 15) is 19.5 Å². The van der Waals surface area contributed by atoms with Crippen molar-refractivity contribution in [2.45, 2.75) is 19.8 Å². The minimum absolute atomic E-state index is 0.139. The average Bonchev–Trinajstić information content (AvgIpc) is 3.33. The number of nitrogens with one attached hydrogen (secondary N) is 1. The molecule has 0 atom stereocenters. The van der Waals surface area contributed by atoms with Crippen molar-refractivity contribution in [3.05, 3.63) is 101 Å². The van der Waals surface area contributed by atoms with Crippen LogP contribution < -0.4 is 4.74 Å². The SMILES string of the molecule is Cc1cc(C(=O)N(C)C(=O)O)ccc1-c1cccc2c(CCCOc3cccc4ccccc34)c(C(=O)O)[nH]c12. The van der Waals surface area contributed by atoms with E-state index in [0.717, 1.165) is 38.6 Å². The predicted molar refractivity (Wildman–Crippen MR) is 153 cm³/mol. The molecule has 0 saturated carbocycles. The third-order valence-electron chi connectivity index (χ3n) is 7.09. The lowest BCUT2D eigenvalue weighted by Crippen LogP contribution is -2.31. The van der Waals surface area contributed by atoms with E-state index >= 15 is 0 Å². The van der Waals surface area contributed by atoms with E-state index < -0.39 is 18.0 Å². The van der Waals surface area contributed by atoms with Gasteiger partial charge in [0.25, 0.3) is 5.91 Å². The number of fused-ring (bicyclic) bond motifs is 2. The zero-order valence-electron chi connectivity index (χ0n) is 22.1. The summed E-state index contributed by atoms with van der Waals surface area (Å²) in [5.74, 6) is -0.868. The number of rotatable bonds is 8. The van der Waals surface area contributed by atoms with Crippen LogP contribution in [0.15, 0.2) is 78.9 Å². The second-order valence-electron chi connectivity index (χ2n) is 9.62. The third-order valence-corrected chi connectivity index (χ3v) is 7.09. The van der Waals surface area contributed by atoms with Gasteiger partial charge in [-0.15, -0.1) is 0 Å². The lowest BCUT2D eigenvalue weighted by Gasteiger charge is -2.13. The van der Waals surface area contributed by atoms with E-state index in [2.05, 4.69) is 4.98 Å². The lowest BCUT2D eigenvalue weighted by atomic mass is 9.95. The van der Waals surface area contributed by atoms with Gasteiger partial charge in [-0.25, -0.2) is 14.5 Å². The monoisotopic (exact) mass is 536 g/mol. The van der Waals surface area contributed by atoms with Crippen molar-refractivity contribution >= 4 is 39.6 Å². The van der Waals surface area contributed by atoms with Crippen molar-refractivity contribution in [3.8, 4) is 16.9 Å². The minimum Gasteiger partial charge on any atom is -0.493 e. The molecule has 0 aliphatic carbocycles. The van der Waals surface area contributed by atoms with Gasteiger partial charge in [-0.3, -0.25) is 4.79 Å². The summed E-state index contributed by atoms with van der Waals surface area (Å²) in [6.45, 7) is 2.26. The molecule has 40 heavy (non-hydrogen) atoms. The van der Waals surface area contributed by atoms with Gasteiger partial charge in [0.2, 0.25) is 0 Å². The van der Waals surface area contributed by atoms with Crippen LogP contribution >= 0.6 is 0 Å². The Morgan fingerprint density at radius 3 is 2.35 bits per heavy atom. The summed E-state index contributed by atoms with van der Waals surface area (Å²) in [7, 11) is 1.20. The van der Waals surface area contributed by atoms with E-state index in [1.807, 2.05) is 67.6 Å². The molecule has 8 heteroatoms. The second-order valence-corrected chi connectivity index (χ2v) is 9.62. The van der Waals surface area contributed by atoms with Crippen molar-refractivity contribution < 1.29 is 29.3 Å². The fraction of sp³-hybridized carbons (Fsp3) is 0.156. The van der Waals surface area contributed by atoms with Crippen LogP contribution in [0.5, 0.6) is 5.75 Å². The number of carbonyl (C=O) groups excluding carboxylic acids is 1. The highest BCUT2D eigenvalue weighted by Crippen LogP contribution is 2.35. The number of amides is 2. The summed E-state index contributed by atoms with van der Waals surface area (Å²) in [5.41, 5.74) is 4.15. The maximum absolute atomic E-state index is 12.5. The van der Waals surface area contributed by atoms with Gasteiger partial charge in [0.05, 0.1) is 12.1 Å². The summed E-state index contributed by atoms with van der Waals surface area (Å²) in [4.78, 5) is 39.6. The predicted octanol–water partition coefficient (Wildman–Crippen LogP) is 6.76. The summed E-state index contributed by atoms with van der Waals surface area (Å²) < 4.78 is 6.08. The molecule has 1 heterocycles. The third kappa shape index (κ3) is 4.99. The Labute approximate surface area is 230 Å². The molecule has 8 nitrogen and oxygen atoms in total. The van der Waals surface area contributed by atoms with Crippen LogP contribution in [0.2, 0.25) is 0 Å². The number of benzene rings is 4. The number of hydrogen-bond acceptors (Lipinski definition) is 4. The summed E-state index contributed by atoms with van der Waals surface area (Å²) in [6, 6.07) is 24.6. The number of imide groups is 1. The van der Waals surface area contributed by atoms with Crippen LogP contribution in [-0.2, 0) is 6.42 Å². The van der Waals surface area contributed by atoms with Crippen molar-refractivity contribution in [3.63, 3.8) is 0 Å². The lowest BCUT2D eigenvalue weighted by molar-refractivity contribution is 0.0688. The minimum atomic E-state index is -1.33. The molecule has 0 bridgehead atoms. The van der Waals surface area contributed by atoms with Gasteiger partial charge >= 0.3 is 12.1 Å². The molecule has 0 unspecified atom stereocenters. The normalized spacial score (nSPS) is 11.1. The molecule has 0 fully saturated rings. The van der Waals surface area contributed by atoms with Crippen LogP contribution in [0, 0.1) is 6.92 Å². The fourth-order valence-electron chi connectivity index (χ4n) is 5.07. The summed E-state index contributed by atoms with van der Waals surface area (Å²) >= 11 is 0. The topological polar surface area (TPSA) is 120 Å². The highest BCUT2D eigenvalue weighted by Gasteiger charge is 2.21. The molecule has 2 amide bonds. The summed E-state index contributed by atoms with van der Waals surface area (Å²) in [6.07, 6.45) is -0.212. The molecule has 4 aromatic carbocycles. The van der Waals surface area contributed by atoms with E-state index in [4.69, 9.17) is 9.84 Å². The quantitative estimate of drug-likeness (QED) is 0.189. The van der Waals surface area contributed by atoms with Crippen molar-refractivity contribution in [1.29, 1.82) is 0 Å². The molecule has 0 saturated heterocycles. The van der Waals surface area contributed by atoms with Gasteiger partial charge in [-0.05, 0) is 60.0 Å². The molecule has 0 radical (unpaired) electrons. The van der Waals surface area contributed by atoms with Crippen molar-refractivity contribution in [1.82, 2.24) is 9.88 Å². The van der Waals surface area contributed by atoms with Crippen LogP contribution in [0.1, 0.15) is 38.4 Å². The number of aromatic nitrogens is 1. The van der Waals surface area contributed by atoms with Gasteiger partial charge in [0.15, 0.2) is 0 Å². The Kier molecular flexibility index (Phi) is 7.25. The Morgan fingerprint density at radius 1 is 0.875 bits per heavy atom. The number of aryl methyl sites for hydroxylation is 2.